The summed E-state index contributed by atoms with van der Waals surface area (Å²) in [5.41, 5.74) is 1.08. The third-order valence-electron chi connectivity index (χ3n) is 4.74. The minimum Gasteiger partial charge on any atom is -0.452 e. The lowest BCUT2D eigenvalue weighted by Gasteiger charge is -2.34. The van der Waals surface area contributed by atoms with Gasteiger partial charge >= 0.3 is 5.97 Å². The normalized spacial score (nSPS) is 19.8. The van der Waals surface area contributed by atoms with Crippen LogP contribution in [0.15, 0.2) is 28.8 Å². The van der Waals surface area contributed by atoms with Gasteiger partial charge in [0.05, 0.1) is 5.02 Å². The van der Waals surface area contributed by atoms with Crippen molar-refractivity contribution in [2.45, 2.75) is 27.2 Å². The highest BCUT2D eigenvalue weighted by Gasteiger charge is 2.28. The average Bonchev–Trinajstić information content (AvgIpc) is 3.00. The number of hydrogen-bond donors (Lipinski definition) is 0. The van der Waals surface area contributed by atoms with Crippen molar-refractivity contribution in [3.05, 3.63) is 40.6 Å². The van der Waals surface area contributed by atoms with E-state index in [0.29, 0.717) is 47.0 Å². The fourth-order valence-corrected chi connectivity index (χ4v) is 3.83. The summed E-state index contributed by atoms with van der Waals surface area (Å²) < 4.78 is 10.5. The standard InChI is InChI=1S/C20H23ClN2O4/c1-12-8-13(2)10-23(9-12)17(24)11-26-20(25)18-14(3)27-22-19(18)15-6-4-5-7-16(15)21/h4-7,12-13H,8-11H2,1-3H3/t12-,13-/m0/s1. The number of carbonyl (C=O) groups is 2. The Labute approximate surface area is 163 Å². The van der Waals surface area contributed by atoms with Gasteiger partial charge in [-0.15, -0.1) is 0 Å². The molecule has 0 saturated carbocycles. The van der Waals surface area contributed by atoms with Gasteiger partial charge in [0.25, 0.3) is 5.91 Å². The van der Waals surface area contributed by atoms with Gasteiger partial charge in [0.2, 0.25) is 0 Å². The van der Waals surface area contributed by atoms with E-state index in [2.05, 4.69) is 19.0 Å². The average molecular weight is 391 g/mol. The number of piperidine rings is 1. The summed E-state index contributed by atoms with van der Waals surface area (Å²) in [4.78, 5) is 26.8. The molecule has 6 nitrogen and oxygen atoms in total. The summed E-state index contributed by atoms with van der Waals surface area (Å²) >= 11 is 6.21. The zero-order valence-corrected chi connectivity index (χ0v) is 16.5. The molecule has 1 fully saturated rings. The van der Waals surface area contributed by atoms with E-state index < -0.39 is 5.97 Å². The number of rotatable bonds is 4. The second-order valence-corrected chi connectivity index (χ2v) is 7.67. The molecule has 1 amide bonds. The summed E-state index contributed by atoms with van der Waals surface area (Å²) in [6.45, 7) is 6.96. The summed E-state index contributed by atoms with van der Waals surface area (Å²) in [5, 5.41) is 4.40. The van der Waals surface area contributed by atoms with Crippen LogP contribution in [0.5, 0.6) is 0 Å². The molecule has 2 aromatic rings. The number of aryl methyl sites for hydroxylation is 1. The molecule has 144 valence electrons. The highest BCUT2D eigenvalue weighted by Crippen LogP contribution is 2.31. The van der Waals surface area contributed by atoms with Gasteiger partial charge in [0, 0.05) is 18.7 Å². The lowest BCUT2D eigenvalue weighted by atomic mass is 9.92. The number of nitrogens with zero attached hydrogens (tertiary/aromatic N) is 2. The maximum absolute atomic E-state index is 12.6. The Bertz CT molecular complexity index is 838. The second kappa shape index (κ2) is 8.13. The Morgan fingerprint density at radius 1 is 1.26 bits per heavy atom. The van der Waals surface area contributed by atoms with Crippen molar-refractivity contribution in [1.29, 1.82) is 0 Å². The van der Waals surface area contributed by atoms with Crippen LogP contribution in [0, 0.1) is 18.8 Å². The molecule has 0 unspecified atom stereocenters. The van der Waals surface area contributed by atoms with Crippen molar-refractivity contribution in [2.75, 3.05) is 19.7 Å². The van der Waals surface area contributed by atoms with E-state index in [0.717, 1.165) is 6.42 Å². The highest BCUT2D eigenvalue weighted by molar-refractivity contribution is 6.33. The number of amides is 1. The zero-order chi connectivity index (χ0) is 19.6. The molecule has 7 heteroatoms. The van der Waals surface area contributed by atoms with E-state index in [4.69, 9.17) is 20.9 Å². The molecule has 3 rings (SSSR count). The third-order valence-corrected chi connectivity index (χ3v) is 5.07. The topological polar surface area (TPSA) is 72.6 Å². The van der Waals surface area contributed by atoms with Gasteiger partial charge in [-0.3, -0.25) is 4.79 Å². The molecule has 1 saturated heterocycles. The van der Waals surface area contributed by atoms with Crippen molar-refractivity contribution in [1.82, 2.24) is 10.1 Å². The lowest BCUT2D eigenvalue weighted by molar-refractivity contribution is -0.137. The van der Waals surface area contributed by atoms with Gasteiger partial charge in [0.15, 0.2) is 6.61 Å². The maximum Gasteiger partial charge on any atom is 0.344 e. The van der Waals surface area contributed by atoms with Crippen LogP contribution in [0.25, 0.3) is 11.3 Å². The van der Waals surface area contributed by atoms with Gasteiger partial charge in [-0.25, -0.2) is 4.79 Å². The molecule has 1 aromatic heterocycles. The Morgan fingerprint density at radius 2 is 1.93 bits per heavy atom. The van der Waals surface area contributed by atoms with Crippen molar-refractivity contribution in [2.24, 2.45) is 11.8 Å². The molecule has 0 bridgehead atoms. The molecule has 0 spiro atoms. The minimum atomic E-state index is -0.643. The SMILES string of the molecule is Cc1onc(-c2ccccc2Cl)c1C(=O)OCC(=O)N1C[C@@H](C)C[C@H](C)C1. The molecule has 2 heterocycles. The molecule has 1 aliphatic heterocycles. The predicted octanol–water partition coefficient (Wildman–Crippen LogP) is 3.96. The van der Waals surface area contributed by atoms with Gasteiger partial charge in [0.1, 0.15) is 17.0 Å². The number of benzene rings is 1. The largest absolute Gasteiger partial charge is 0.452 e. The molecule has 0 aliphatic carbocycles. The molecule has 0 radical (unpaired) electrons. The first-order valence-corrected chi connectivity index (χ1v) is 9.40. The first-order valence-electron chi connectivity index (χ1n) is 9.02. The molecular formula is C20H23ClN2O4. The third kappa shape index (κ3) is 4.33. The number of hydrogen-bond acceptors (Lipinski definition) is 5. The van der Waals surface area contributed by atoms with Gasteiger partial charge in [-0.2, -0.15) is 0 Å². The number of ether oxygens (including phenoxy) is 1. The van der Waals surface area contributed by atoms with Crippen LogP contribution in [-0.2, 0) is 9.53 Å². The molecule has 0 N–H and O–H groups in total. The number of carbonyl (C=O) groups excluding carboxylic acids is 2. The van der Waals surface area contributed by atoms with Gasteiger partial charge in [-0.1, -0.05) is 48.8 Å². The molecule has 2 atom stereocenters. The second-order valence-electron chi connectivity index (χ2n) is 7.26. The molecule has 1 aliphatic rings. The Hall–Kier alpha value is -2.34. The van der Waals surface area contributed by atoms with E-state index in [1.165, 1.54) is 0 Å². The Balaban J connectivity index is 1.71. The molecule has 27 heavy (non-hydrogen) atoms. The van der Waals surface area contributed by atoms with E-state index in [1.807, 2.05) is 0 Å². The van der Waals surface area contributed by atoms with Gasteiger partial charge < -0.3 is 14.2 Å². The van der Waals surface area contributed by atoms with Crippen LogP contribution in [0.1, 0.15) is 36.4 Å². The van der Waals surface area contributed by atoms with Crippen LogP contribution in [0.4, 0.5) is 0 Å². The smallest absolute Gasteiger partial charge is 0.344 e. The van der Waals surface area contributed by atoms with Crippen LogP contribution < -0.4 is 0 Å². The van der Waals surface area contributed by atoms with Crippen molar-refractivity contribution in [3.8, 4) is 11.3 Å². The number of likely N-dealkylation sites (tertiary alicyclic amines) is 1. The van der Waals surface area contributed by atoms with Crippen LogP contribution in [0.2, 0.25) is 5.02 Å². The minimum absolute atomic E-state index is 0.185. The first-order chi connectivity index (χ1) is 12.9. The summed E-state index contributed by atoms with van der Waals surface area (Å²) in [7, 11) is 0. The van der Waals surface area contributed by atoms with Crippen LogP contribution in [0.3, 0.4) is 0 Å². The van der Waals surface area contributed by atoms with Gasteiger partial charge in [-0.05, 0) is 31.2 Å². The summed E-state index contributed by atoms with van der Waals surface area (Å²) in [6.07, 6.45) is 1.10. The van der Waals surface area contributed by atoms with E-state index in [9.17, 15) is 9.59 Å². The Morgan fingerprint density at radius 3 is 2.59 bits per heavy atom. The van der Waals surface area contributed by atoms with Crippen LogP contribution in [-0.4, -0.2) is 41.6 Å². The lowest BCUT2D eigenvalue weighted by Crippen LogP contribution is -2.44. The highest BCUT2D eigenvalue weighted by atomic mass is 35.5. The molecule has 1 aromatic carbocycles. The maximum atomic E-state index is 12.6. The fourth-order valence-electron chi connectivity index (χ4n) is 3.61. The van der Waals surface area contributed by atoms with E-state index >= 15 is 0 Å². The first kappa shape index (κ1) is 19.4. The monoisotopic (exact) mass is 390 g/mol. The molecular weight excluding hydrogens is 368 g/mol. The van der Waals surface area contributed by atoms with E-state index in [1.54, 1.807) is 36.1 Å². The fraction of sp³-hybridized carbons (Fsp3) is 0.450. The number of aromatic nitrogens is 1. The summed E-state index contributed by atoms with van der Waals surface area (Å²) in [6, 6.07) is 7.04. The predicted molar refractivity (Wildman–Crippen MR) is 101 cm³/mol. The Kier molecular flexibility index (Phi) is 5.85. The zero-order valence-electron chi connectivity index (χ0n) is 15.7. The van der Waals surface area contributed by atoms with E-state index in [-0.39, 0.29) is 18.1 Å². The number of halogens is 1. The van der Waals surface area contributed by atoms with Crippen molar-refractivity contribution < 1.29 is 18.8 Å². The summed E-state index contributed by atoms with van der Waals surface area (Å²) in [5.74, 6) is 0.383. The number of esters is 1. The van der Waals surface area contributed by atoms with Crippen LogP contribution >= 0.6 is 11.6 Å². The van der Waals surface area contributed by atoms with Crippen molar-refractivity contribution in [3.63, 3.8) is 0 Å². The quantitative estimate of drug-likeness (QED) is 0.738. The van der Waals surface area contributed by atoms with Crippen molar-refractivity contribution >= 4 is 23.5 Å².